The molecule has 0 spiro atoms. The molecule has 132 valence electrons. The number of rotatable bonds is 6. The van der Waals surface area contributed by atoms with Crippen LogP contribution in [0, 0.1) is 16.0 Å². The zero-order chi connectivity index (χ0) is 18.7. The van der Waals surface area contributed by atoms with Crippen molar-refractivity contribution in [2.45, 2.75) is 26.3 Å². The number of hydrogen-bond acceptors (Lipinski definition) is 7. The largest absolute Gasteiger partial charge is 0.548 e. The summed E-state index contributed by atoms with van der Waals surface area (Å²) in [6, 6.07) is 4.56. The fourth-order valence-corrected chi connectivity index (χ4v) is 3.70. The standard InChI is InChI=1S/C16H16N2O5S2/c1-9(2)7-12(15(20)21)17-14(19)13(25-16(17)24)8-10-3-5-11(6-4-10)18(22)23/h3-6,8-9,12H,7H2,1-2H3,(H,20,21)/p-1/b13-8-/t12-/m1/s1. The van der Waals surface area contributed by atoms with Crippen LogP contribution in [-0.4, -0.2) is 32.1 Å². The minimum absolute atomic E-state index is 0.0474. The highest BCUT2D eigenvalue weighted by Gasteiger charge is 2.37. The molecule has 9 heteroatoms. The molecule has 1 heterocycles. The topological polar surface area (TPSA) is 104 Å². The van der Waals surface area contributed by atoms with E-state index in [0.717, 1.165) is 16.7 Å². The van der Waals surface area contributed by atoms with Crippen molar-refractivity contribution in [3.8, 4) is 0 Å². The molecule has 1 fully saturated rings. The summed E-state index contributed by atoms with van der Waals surface area (Å²) in [5.41, 5.74) is 0.526. The molecule has 1 aromatic rings. The van der Waals surface area contributed by atoms with Crippen LogP contribution in [0.5, 0.6) is 0 Å². The number of nitrogens with zero attached hydrogens (tertiary/aromatic N) is 2. The Labute approximate surface area is 153 Å². The molecular weight excluding hydrogens is 364 g/mol. The minimum Gasteiger partial charge on any atom is -0.548 e. The normalized spacial score (nSPS) is 17.4. The van der Waals surface area contributed by atoms with Gasteiger partial charge in [-0.1, -0.05) is 37.8 Å². The Morgan fingerprint density at radius 1 is 1.36 bits per heavy atom. The summed E-state index contributed by atoms with van der Waals surface area (Å²) in [6.07, 6.45) is 1.77. The molecule has 1 aliphatic rings. The van der Waals surface area contributed by atoms with Gasteiger partial charge in [0.1, 0.15) is 4.32 Å². The van der Waals surface area contributed by atoms with Crippen molar-refractivity contribution in [2.24, 2.45) is 5.92 Å². The van der Waals surface area contributed by atoms with Gasteiger partial charge in [0, 0.05) is 12.1 Å². The van der Waals surface area contributed by atoms with Gasteiger partial charge in [-0.25, -0.2) is 0 Å². The van der Waals surface area contributed by atoms with Gasteiger partial charge in [-0.2, -0.15) is 0 Å². The highest BCUT2D eigenvalue weighted by Crippen LogP contribution is 2.35. The molecule has 0 unspecified atom stereocenters. The highest BCUT2D eigenvalue weighted by atomic mass is 32.2. The van der Waals surface area contributed by atoms with Crippen molar-refractivity contribution in [1.29, 1.82) is 0 Å². The zero-order valence-electron chi connectivity index (χ0n) is 13.5. The summed E-state index contributed by atoms with van der Waals surface area (Å²) in [5, 5.41) is 22.1. The fraction of sp³-hybridized carbons (Fsp3) is 0.312. The number of nitro benzene ring substituents is 1. The molecule has 1 amide bonds. The second kappa shape index (κ2) is 7.75. The van der Waals surface area contributed by atoms with Gasteiger partial charge in [0.25, 0.3) is 11.6 Å². The van der Waals surface area contributed by atoms with Crippen LogP contribution in [0.25, 0.3) is 6.08 Å². The van der Waals surface area contributed by atoms with Gasteiger partial charge in [-0.05, 0) is 36.1 Å². The molecule has 1 aromatic carbocycles. The lowest BCUT2D eigenvalue weighted by atomic mass is 10.0. The molecular formula is C16H15N2O5S2-. The van der Waals surface area contributed by atoms with E-state index in [2.05, 4.69) is 0 Å². The van der Waals surface area contributed by atoms with E-state index in [0.29, 0.717) is 5.56 Å². The van der Waals surface area contributed by atoms with Crippen LogP contribution >= 0.6 is 24.0 Å². The first-order chi connectivity index (χ1) is 11.7. The number of non-ortho nitro benzene ring substituents is 1. The SMILES string of the molecule is CC(C)C[C@H](C(=O)[O-])N1C(=O)/C(=C/c2ccc([N+](=O)[O-])cc2)SC1=S. The average molecular weight is 379 g/mol. The van der Waals surface area contributed by atoms with Crippen LogP contribution in [-0.2, 0) is 9.59 Å². The maximum absolute atomic E-state index is 12.6. The number of benzene rings is 1. The predicted octanol–water partition coefficient (Wildman–Crippen LogP) is 1.96. The Kier molecular flexibility index (Phi) is 5.91. The van der Waals surface area contributed by atoms with E-state index in [-0.39, 0.29) is 27.3 Å². The number of thioether (sulfide) groups is 1. The monoisotopic (exact) mass is 379 g/mol. The number of thiocarbonyl (C=S) groups is 1. The lowest BCUT2D eigenvalue weighted by Crippen LogP contribution is -2.50. The first-order valence-electron chi connectivity index (χ1n) is 7.43. The van der Waals surface area contributed by atoms with Crippen LogP contribution in [0.1, 0.15) is 25.8 Å². The molecule has 1 atom stereocenters. The van der Waals surface area contributed by atoms with Gasteiger partial charge in [-0.3, -0.25) is 19.8 Å². The Morgan fingerprint density at radius 2 is 1.96 bits per heavy atom. The molecule has 0 N–H and O–H groups in total. The lowest BCUT2D eigenvalue weighted by Gasteiger charge is -2.28. The number of aliphatic carboxylic acids is 1. The molecule has 1 aliphatic heterocycles. The number of carbonyl (C=O) groups excluding carboxylic acids is 2. The van der Waals surface area contributed by atoms with Gasteiger partial charge < -0.3 is 9.90 Å². The Balaban J connectivity index is 2.27. The van der Waals surface area contributed by atoms with Crippen LogP contribution in [0.3, 0.4) is 0 Å². The molecule has 25 heavy (non-hydrogen) atoms. The maximum Gasteiger partial charge on any atom is 0.269 e. The Hall–Kier alpha value is -2.26. The van der Waals surface area contributed by atoms with E-state index >= 15 is 0 Å². The second-order valence-electron chi connectivity index (χ2n) is 5.86. The summed E-state index contributed by atoms with van der Waals surface area (Å²) >= 11 is 6.16. The van der Waals surface area contributed by atoms with Gasteiger partial charge in [0.15, 0.2) is 0 Å². The molecule has 0 radical (unpaired) electrons. The number of carboxylic acid groups (broad SMARTS) is 1. The molecule has 1 saturated heterocycles. The Bertz CT molecular complexity index is 758. The number of amides is 1. The van der Waals surface area contributed by atoms with E-state index in [4.69, 9.17) is 12.2 Å². The molecule has 7 nitrogen and oxygen atoms in total. The van der Waals surface area contributed by atoms with Crippen molar-refractivity contribution in [1.82, 2.24) is 4.90 Å². The van der Waals surface area contributed by atoms with Crippen LogP contribution in [0.4, 0.5) is 5.69 Å². The number of carbonyl (C=O) groups is 2. The lowest BCUT2D eigenvalue weighted by molar-refractivity contribution is -0.384. The number of hydrogen-bond donors (Lipinski definition) is 0. The van der Waals surface area contributed by atoms with Gasteiger partial charge in [0.05, 0.1) is 21.8 Å². The Morgan fingerprint density at radius 3 is 2.44 bits per heavy atom. The summed E-state index contributed by atoms with van der Waals surface area (Å²) in [7, 11) is 0. The smallest absolute Gasteiger partial charge is 0.269 e. The van der Waals surface area contributed by atoms with Crippen LogP contribution < -0.4 is 5.11 Å². The molecule has 0 aliphatic carbocycles. The predicted molar refractivity (Wildman–Crippen MR) is 96.4 cm³/mol. The molecule has 2 rings (SSSR count). The van der Waals surface area contributed by atoms with Crippen molar-refractivity contribution in [3.63, 3.8) is 0 Å². The summed E-state index contributed by atoms with van der Waals surface area (Å²) < 4.78 is 0.160. The molecule has 0 bridgehead atoms. The van der Waals surface area contributed by atoms with E-state index in [1.165, 1.54) is 30.3 Å². The summed E-state index contributed by atoms with van der Waals surface area (Å²) in [6.45, 7) is 3.70. The molecule has 0 saturated carbocycles. The summed E-state index contributed by atoms with van der Waals surface area (Å²) in [5.74, 6) is -1.80. The van der Waals surface area contributed by atoms with E-state index in [9.17, 15) is 24.8 Å². The third-order valence-electron chi connectivity index (χ3n) is 3.50. The maximum atomic E-state index is 12.6. The van der Waals surface area contributed by atoms with Gasteiger partial charge >= 0.3 is 0 Å². The van der Waals surface area contributed by atoms with Crippen molar-refractivity contribution < 1.29 is 19.6 Å². The van der Waals surface area contributed by atoms with E-state index in [1.807, 2.05) is 13.8 Å². The van der Waals surface area contributed by atoms with Crippen molar-refractivity contribution in [3.05, 3.63) is 44.8 Å². The minimum atomic E-state index is -1.35. The van der Waals surface area contributed by atoms with Gasteiger partial charge in [-0.15, -0.1) is 0 Å². The van der Waals surface area contributed by atoms with E-state index in [1.54, 1.807) is 0 Å². The third kappa shape index (κ3) is 4.43. The quantitative estimate of drug-likeness (QED) is 0.322. The van der Waals surface area contributed by atoms with Crippen LogP contribution in [0.15, 0.2) is 29.2 Å². The first-order valence-corrected chi connectivity index (χ1v) is 8.65. The van der Waals surface area contributed by atoms with Gasteiger partial charge in [0.2, 0.25) is 0 Å². The highest BCUT2D eigenvalue weighted by molar-refractivity contribution is 8.26. The zero-order valence-corrected chi connectivity index (χ0v) is 15.1. The molecule has 0 aromatic heterocycles. The van der Waals surface area contributed by atoms with Crippen LogP contribution in [0.2, 0.25) is 0 Å². The number of carboxylic acids is 1. The average Bonchev–Trinajstić information content (AvgIpc) is 2.79. The fourth-order valence-electron chi connectivity index (χ4n) is 2.35. The van der Waals surface area contributed by atoms with Crippen molar-refractivity contribution >= 4 is 51.9 Å². The number of nitro groups is 1. The van der Waals surface area contributed by atoms with Crippen molar-refractivity contribution in [2.75, 3.05) is 0 Å². The second-order valence-corrected chi connectivity index (χ2v) is 7.54. The summed E-state index contributed by atoms with van der Waals surface area (Å²) in [4.78, 5) is 35.5. The first kappa shape index (κ1) is 19.1. The third-order valence-corrected chi connectivity index (χ3v) is 4.83. The van der Waals surface area contributed by atoms with E-state index < -0.39 is 22.8 Å².